The summed E-state index contributed by atoms with van der Waals surface area (Å²) >= 11 is 0. The van der Waals surface area contributed by atoms with Gasteiger partial charge >= 0.3 is 0 Å². The van der Waals surface area contributed by atoms with Crippen molar-refractivity contribution in [3.8, 4) is 17.2 Å². The van der Waals surface area contributed by atoms with Crippen molar-refractivity contribution in [2.45, 2.75) is 27.0 Å². The van der Waals surface area contributed by atoms with Crippen molar-refractivity contribution in [3.05, 3.63) is 48.0 Å². The first-order chi connectivity index (χ1) is 13.0. The van der Waals surface area contributed by atoms with Crippen LogP contribution in [0.3, 0.4) is 0 Å². The smallest absolute Gasteiger partial charge is 0.255 e. The van der Waals surface area contributed by atoms with Crippen molar-refractivity contribution in [1.29, 1.82) is 0 Å². The molecule has 0 heterocycles. The van der Waals surface area contributed by atoms with Crippen molar-refractivity contribution in [2.75, 3.05) is 32.6 Å². The van der Waals surface area contributed by atoms with E-state index in [1.54, 1.807) is 56.7 Å². The molecule has 0 aliphatic heterocycles. The summed E-state index contributed by atoms with van der Waals surface area (Å²) in [5.41, 5.74) is 1.18. The van der Waals surface area contributed by atoms with Gasteiger partial charge < -0.3 is 19.5 Å². The summed E-state index contributed by atoms with van der Waals surface area (Å²) in [4.78, 5) is 14.7. The average molecular weight is 372 g/mol. The van der Waals surface area contributed by atoms with Crippen LogP contribution in [0.5, 0.6) is 17.2 Å². The Morgan fingerprint density at radius 3 is 2.22 bits per heavy atom. The highest BCUT2D eigenvalue weighted by molar-refractivity contribution is 6.04. The maximum Gasteiger partial charge on any atom is 0.255 e. The monoisotopic (exact) mass is 372 g/mol. The third kappa shape index (κ3) is 5.37. The minimum absolute atomic E-state index is 0.110. The van der Waals surface area contributed by atoms with Crippen LogP contribution in [0.2, 0.25) is 0 Å². The van der Waals surface area contributed by atoms with Gasteiger partial charge in [-0.2, -0.15) is 0 Å². The number of carbonyl (C=O) groups is 1. The highest BCUT2D eigenvalue weighted by Gasteiger charge is 2.16. The standard InChI is InChI=1S/C21H28N2O4/c1-6-23(7-2)15(3)27-20-14-17(10-13-19(20)26-5)22-21(24)16-8-11-18(25-4)12-9-16/h8-15H,6-7H2,1-5H3,(H,22,24). The Morgan fingerprint density at radius 2 is 1.67 bits per heavy atom. The summed E-state index contributed by atoms with van der Waals surface area (Å²) in [5, 5.41) is 2.89. The lowest BCUT2D eigenvalue weighted by molar-refractivity contribution is 0.0459. The lowest BCUT2D eigenvalue weighted by Crippen LogP contribution is -2.36. The first-order valence-electron chi connectivity index (χ1n) is 9.06. The fourth-order valence-corrected chi connectivity index (χ4v) is 2.79. The number of anilines is 1. The molecule has 27 heavy (non-hydrogen) atoms. The molecule has 0 radical (unpaired) electrons. The molecule has 0 spiro atoms. The molecule has 0 bridgehead atoms. The molecule has 1 atom stereocenters. The maximum absolute atomic E-state index is 12.5. The maximum atomic E-state index is 12.5. The lowest BCUT2D eigenvalue weighted by atomic mass is 10.2. The number of methoxy groups -OCH3 is 2. The van der Waals surface area contributed by atoms with Gasteiger partial charge in [0, 0.05) is 17.3 Å². The summed E-state index contributed by atoms with van der Waals surface area (Å²) in [5.74, 6) is 1.71. The molecule has 6 heteroatoms. The van der Waals surface area contributed by atoms with Crippen LogP contribution >= 0.6 is 0 Å². The number of hydrogen-bond acceptors (Lipinski definition) is 5. The predicted molar refractivity (Wildman–Crippen MR) is 107 cm³/mol. The zero-order valence-corrected chi connectivity index (χ0v) is 16.6. The van der Waals surface area contributed by atoms with E-state index in [-0.39, 0.29) is 12.1 Å². The second-order valence-corrected chi connectivity index (χ2v) is 5.99. The van der Waals surface area contributed by atoms with Crippen LogP contribution in [0, 0.1) is 0 Å². The van der Waals surface area contributed by atoms with Crippen molar-refractivity contribution in [2.24, 2.45) is 0 Å². The van der Waals surface area contributed by atoms with E-state index in [4.69, 9.17) is 14.2 Å². The highest BCUT2D eigenvalue weighted by atomic mass is 16.5. The Labute approximate surface area is 161 Å². The Bertz CT molecular complexity index is 742. The van der Waals surface area contributed by atoms with E-state index in [0.717, 1.165) is 13.1 Å². The minimum Gasteiger partial charge on any atom is -0.497 e. The minimum atomic E-state index is -0.203. The molecular weight excluding hydrogens is 344 g/mol. The number of benzene rings is 2. The summed E-state index contributed by atoms with van der Waals surface area (Å²) in [6.45, 7) is 7.94. The number of rotatable bonds is 9. The van der Waals surface area contributed by atoms with Gasteiger partial charge in [-0.25, -0.2) is 0 Å². The van der Waals surface area contributed by atoms with E-state index in [2.05, 4.69) is 24.1 Å². The zero-order chi connectivity index (χ0) is 19.8. The van der Waals surface area contributed by atoms with Crippen LogP contribution in [0.25, 0.3) is 0 Å². The van der Waals surface area contributed by atoms with Crippen LogP contribution in [0.1, 0.15) is 31.1 Å². The Morgan fingerprint density at radius 1 is 1.00 bits per heavy atom. The van der Waals surface area contributed by atoms with E-state index in [9.17, 15) is 4.79 Å². The van der Waals surface area contributed by atoms with Gasteiger partial charge in [-0.1, -0.05) is 13.8 Å². The van der Waals surface area contributed by atoms with Gasteiger partial charge in [-0.15, -0.1) is 0 Å². The second kappa shape index (κ2) is 9.83. The summed E-state index contributed by atoms with van der Waals surface area (Å²) in [6, 6.07) is 12.3. The molecule has 1 amide bonds. The van der Waals surface area contributed by atoms with E-state index in [0.29, 0.717) is 28.5 Å². The molecule has 0 aliphatic carbocycles. The van der Waals surface area contributed by atoms with Gasteiger partial charge in [0.1, 0.15) is 12.0 Å². The van der Waals surface area contributed by atoms with E-state index >= 15 is 0 Å². The number of carbonyl (C=O) groups excluding carboxylic acids is 1. The van der Waals surface area contributed by atoms with Crippen LogP contribution in [-0.4, -0.2) is 44.3 Å². The van der Waals surface area contributed by atoms with E-state index < -0.39 is 0 Å². The zero-order valence-electron chi connectivity index (χ0n) is 16.6. The van der Waals surface area contributed by atoms with E-state index in [1.165, 1.54) is 0 Å². The Hall–Kier alpha value is -2.73. The number of hydrogen-bond donors (Lipinski definition) is 1. The first kappa shape index (κ1) is 20.6. The molecule has 1 N–H and O–H groups in total. The topological polar surface area (TPSA) is 60.0 Å². The third-order valence-corrected chi connectivity index (χ3v) is 4.40. The molecule has 6 nitrogen and oxygen atoms in total. The van der Waals surface area contributed by atoms with Crippen LogP contribution < -0.4 is 19.5 Å². The fraction of sp³-hybridized carbons (Fsp3) is 0.381. The van der Waals surface area contributed by atoms with Crippen molar-refractivity contribution >= 4 is 11.6 Å². The molecule has 0 aromatic heterocycles. The molecule has 146 valence electrons. The molecule has 0 saturated heterocycles. The molecule has 0 fully saturated rings. The van der Waals surface area contributed by atoms with Gasteiger partial charge in [0.2, 0.25) is 0 Å². The van der Waals surface area contributed by atoms with Gasteiger partial charge in [-0.3, -0.25) is 9.69 Å². The largest absolute Gasteiger partial charge is 0.497 e. The molecule has 2 aromatic carbocycles. The van der Waals surface area contributed by atoms with Crippen molar-refractivity contribution < 1.29 is 19.0 Å². The molecule has 1 unspecified atom stereocenters. The first-order valence-corrected chi connectivity index (χ1v) is 9.06. The number of nitrogens with zero attached hydrogens (tertiary/aromatic N) is 1. The van der Waals surface area contributed by atoms with Gasteiger partial charge in [-0.05, 0) is 56.4 Å². The predicted octanol–water partition coefficient (Wildman–Crippen LogP) is 4.02. The number of ether oxygens (including phenoxy) is 3. The fourth-order valence-electron chi connectivity index (χ4n) is 2.79. The van der Waals surface area contributed by atoms with Crippen molar-refractivity contribution in [3.63, 3.8) is 0 Å². The van der Waals surface area contributed by atoms with Gasteiger partial charge in [0.25, 0.3) is 5.91 Å². The quantitative estimate of drug-likeness (QED) is 0.674. The third-order valence-electron chi connectivity index (χ3n) is 4.40. The second-order valence-electron chi connectivity index (χ2n) is 5.99. The molecule has 0 saturated carbocycles. The summed E-state index contributed by atoms with van der Waals surface area (Å²) < 4.78 is 16.6. The molecule has 2 aromatic rings. The van der Waals surface area contributed by atoms with Crippen LogP contribution in [-0.2, 0) is 0 Å². The number of amides is 1. The Kier molecular flexibility index (Phi) is 7.49. The number of nitrogens with one attached hydrogen (secondary N) is 1. The van der Waals surface area contributed by atoms with Crippen LogP contribution in [0.15, 0.2) is 42.5 Å². The molecule has 0 aliphatic rings. The molecular formula is C21H28N2O4. The summed E-state index contributed by atoms with van der Waals surface area (Å²) in [6.07, 6.45) is -0.110. The molecule has 2 rings (SSSR count). The van der Waals surface area contributed by atoms with Crippen LogP contribution in [0.4, 0.5) is 5.69 Å². The lowest BCUT2D eigenvalue weighted by Gasteiger charge is -2.27. The highest BCUT2D eigenvalue weighted by Crippen LogP contribution is 2.31. The average Bonchev–Trinajstić information content (AvgIpc) is 2.69. The Balaban J connectivity index is 2.16. The SMILES string of the molecule is CCN(CC)C(C)Oc1cc(NC(=O)c2ccc(OC)cc2)ccc1OC. The normalized spacial score (nSPS) is 11.8. The summed E-state index contributed by atoms with van der Waals surface area (Å²) in [7, 11) is 3.19. The van der Waals surface area contributed by atoms with Gasteiger partial charge in [0.15, 0.2) is 11.5 Å². The van der Waals surface area contributed by atoms with Gasteiger partial charge in [0.05, 0.1) is 14.2 Å². The van der Waals surface area contributed by atoms with Crippen molar-refractivity contribution in [1.82, 2.24) is 4.90 Å². The van der Waals surface area contributed by atoms with E-state index in [1.807, 2.05) is 6.92 Å².